The van der Waals surface area contributed by atoms with Crippen molar-refractivity contribution in [1.29, 1.82) is 0 Å². The van der Waals surface area contributed by atoms with Gasteiger partial charge >= 0.3 is 18.9 Å². The first-order chi connectivity index (χ1) is 2.27. The second kappa shape index (κ2) is 5.07. The van der Waals surface area contributed by atoms with Crippen LogP contribution in [0.2, 0.25) is 0 Å². The van der Waals surface area contributed by atoms with Gasteiger partial charge in [0.15, 0.2) is 0 Å². The van der Waals surface area contributed by atoms with Gasteiger partial charge in [-0.1, -0.05) is 6.92 Å². The zero-order valence-electron chi connectivity index (χ0n) is 5.19. The first-order valence-corrected chi connectivity index (χ1v) is 1.55. The maximum Gasteiger partial charge on any atom is 1.00 e. The van der Waals surface area contributed by atoms with Gasteiger partial charge in [-0.25, -0.2) is 0 Å². The van der Waals surface area contributed by atoms with E-state index in [1.165, 1.54) is 0 Å². The molecular weight excluding hydrogens is 73.0 g/mol. The van der Waals surface area contributed by atoms with Gasteiger partial charge in [0.05, 0.1) is 0 Å². The summed E-state index contributed by atoms with van der Waals surface area (Å²) in [6.07, 6.45) is 0.444. The fourth-order valence-electron chi connectivity index (χ4n) is 0. The van der Waals surface area contributed by atoms with Crippen molar-refractivity contribution in [1.82, 2.24) is 0 Å². The quantitative estimate of drug-likeness (QED) is 0.336. The number of carbonyl (C=O) groups excluding carboxylic acids is 1. The summed E-state index contributed by atoms with van der Waals surface area (Å²) in [5.74, 6) is -0.245. The van der Waals surface area contributed by atoms with Crippen LogP contribution in [0.5, 0.6) is 0 Å². The van der Waals surface area contributed by atoms with Crippen LogP contribution in [0.4, 0.5) is 0 Å². The molecule has 0 aromatic rings. The number of carbonyl (C=O) groups is 1. The summed E-state index contributed by atoms with van der Waals surface area (Å²) in [5, 5.41) is 0. The van der Waals surface area contributed by atoms with Gasteiger partial charge in [0, 0.05) is 6.42 Å². The van der Waals surface area contributed by atoms with Crippen molar-refractivity contribution in [2.75, 3.05) is 0 Å². The fourth-order valence-corrected chi connectivity index (χ4v) is 0. The fraction of sp³-hybridized carbons (Fsp3) is 0.667. The van der Waals surface area contributed by atoms with Crippen LogP contribution in [0.3, 0.4) is 0 Å². The average Bonchev–Trinajstić information content (AvgIpc) is 1.38. The molecule has 2 N–H and O–H groups in total. The molecule has 0 unspecified atom stereocenters. The van der Waals surface area contributed by atoms with Gasteiger partial charge in [-0.3, -0.25) is 4.79 Å². The van der Waals surface area contributed by atoms with Crippen molar-refractivity contribution >= 4 is 5.91 Å². The van der Waals surface area contributed by atoms with Crippen LogP contribution in [-0.2, 0) is 4.79 Å². The van der Waals surface area contributed by atoms with Crippen LogP contribution in [0.25, 0.3) is 0 Å². The SMILES string of the molecule is CCC(N)=O.[H-].[Li+]. The number of rotatable bonds is 1. The second-order valence-corrected chi connectivity index (χ2v) is 0.820. The predicted octanol–water partition coefficient (Wildman–Crippen LogP) is -3.00. The molecule has 0 radical (unpaired) electrons. The minimum absolute atomic E-state index is 0. The van der Waals surface area contributed by atoms with E-state index in [-0.39, 0.29) is 26.2 Å². The molecule has 0 aliphatic carbocycles. The summed E-state index contributed by atoms with van der Waals surface area (Å²) in [7, 11) is 0. The standard InChI is InChI=1S/C3H7NO.Li.H/c1-2-3(4)5;;/h2H2,1H3,(H2,4,5);;/q;+1;-1. The third-order valence-corrected chi connectivity index (χ3v) is 0.348. The van der Waals surface area contributed by atoms with E-state index in [1.54, 1.807) is 6.92 Å². The van der Waals surface area contributed by atoms with Gasteiger partial charge in [-0.15, -0.1) is 0 Å². The molecule has 0 aliphatic rings. The van der Waals surface area contributed by atoms with Gasteiger partial charge < -0.3 is 7.16 Å². The summed E-state index contributed by atoms with van der Waals surface area (Å²) >= 11 is 0. The molecular formula is C3H8LiNO. The maximum absolute atomic E-state index is 9.59. The molecule has 0 saturated carbocycles. The number of primary amides is 1. The Morgan fingerprint density at radius 2 is 2.17 bits per heavy atom. The van der Waals surface area contributed by atoms with E-state index in [0.717, 1.165) is 0 Å². The Hall–Kier alpha value is 0.0674. The monoisotopic (exact) mass is 81.1 g/mol. The molecule has 0 atom stereocenters. The van der Waals surface area contributed by atoms with Gasteiger partial charge in [-0.05, 0) is 0 Å². The van der Waals surface area contributed by atoms with E-state index in [2.05, 4.69) is 5.73 Å². The van der Waals surface area contributed by atoms with Crippen LogP contribution in [0.15, 0.2) is 0 Å². The van der Waals surface area contributed by atoms with E-state index in [1.807, 2.05) is 0 Å². The molecule has 0 saturated heterocycles. The molecule has 0 aromatic heterocycles. The largest absolute Gasteiger partial charge is 1.00 e. The third-order valence-electron chi connectivity index (χ3n) is 0.348. The molecule has 6 heavy (non-hydrogen) atoms. The van der Waals surface area contributed by atoms with Crippen LogP contribution < -0.4 is 24.6 Å². The Bertz CT molecular complexity index is 50.2. The molecule has 2 nitrogen and oxygen atoms in total. The first kappa shape index (κ1) is 9.42. The Balaban J connectivity index is -0.0000000800. The van der Waals surface area contributed by atoms with Crippen LogP contribution >= 0.6 is 0 Å². The van der Waals surface area contributed by atoms with E-state index >= 15 is 0 Å². The summed E-state index contributed by atoms with van der Waals surface area (Å²) in [5.41, 5.74) is 4.65. The zero-order valence-corrected chi connectivity index (χ0v) is 4.19. The summed E-state index contributed by atoms with van der Waals surface area (Å²) < 4.78 is 0. The van der Waals surface area contributed by atoms with Gasteiger partial charge in [0.2, 0.25) is 5.91 Å². The molecule has 3 heteroatoms. The number of nitrogens with two attached hydrogens (primary N) is 1. The topological polar surface area (TPSA) is 43.1 Å². The van der Waals surface area contributed by atoms with E-state index < -0.39 is 0 Å². The summed E-state index contributed by atoms with van der Waals surface area (Å²) in [6.45, 7) is 1.72. The molecule has 1 amide bonds. The maximum atomic E-state index is 9.59. The van der Waals surface area contributed by atoms with Crippen LogP contribution in [0.1, 0.15) is 14.8 Å². The minimum atomic E-state index is -0.245. The smallest absolute Gasteiger partial charge is 1.00 e. The van der Waals surface area contributed by atoms with E-state index in [4.69, 9.17) is 0 Å². The molecule has 32 valence electrons. The van der Waals surface area contributed by atoms with E-state index in [9.17, 15) is 4.79 Å². The molecule has 0 bridgehead atoms. The van der Waals surface area contributed by atoms with E-state index in [0.29, 0.717) is 6.42 Å². The van der Waals surface area contributed by atoms with Crippen LogP contribution in [-0.4, -0.2) is 5.91 Å². The molecule has 0 spiro atoms. The Kier molecular flexibility index (Phi) is 7.95. The Morgan fingerprint density at radius 1 is 2.00 bits per heavy atom. The molecule has 0 fully saturated rings. The predicted molar refractivity (Wildman–Crippen MR) is 20.6 cm³/mol. The van der Waals surface area contributed by atoms with Crippen molar-refractivity contribution in [3.05, 3.63) is 0 Å². The van der Waals surface area contributed by atoms with Crippen molar-refractivity contribution in [2.24, 2.45) is 5.73 Å². The molecule has 0 heterocycles. The zero-order chi connectivity index (χ0) is 4.28. The third kappa shape index (κ3) is 8.95. The Labute approximate surface area is 50.8 Å². The van der Waals surface area contributed by atoms with Crippen LogP contribution in [0, 0.1) is 0 Å². The number of hydrogen-bond acceptors (Lipinski definition) is 1. The minimum Gasteiger partial charge on any atom is -1.00 e. The van der Waals surface area contributed by atoms with Gasteiger partial charge in [-0.2, -0.15) is 0 Å². The van der Waals surface area contributed by atoms with Crippen molar-refractivity contribution in [2.45, 2.75) is 13.3 Å². The average molecular weight is 81.0 g/mol. The number of hydrogen-bond donors (Lipinski definition) is 1. The van der Waals surface area contributed by atoms with Gasteiger partial charge in [0.1, 0.15) is 0 Å². The summed E-state index contributed by atoms with van der Waals surface area (Å²) in [6, 6.07) is 0. The molecule has 0 aliphatic heterocycles. The van der Waals surface area contributed by atoms with Gasteiger partial charge in [0.25, 0.3) is 0 Å². The van der Waals surface area contributed by atoms with Crippen molar-refractivity contribution < 1.29 is 25.1 Å². The molecule has 0 aromatic carbocycles. The Morgan fingerprint density at radius 3 is 2.17 bits per heavy atom. The first-order valence-electron chi connectivity index (χ1n) is 1.55. The molecule has 0 rings (SSSR count). The normalized spacial score (nSPS) is 6.17. The van der Waals surface area contributed by atoms with Crippen molar-refractivity contribution in [3.63, 3.8) is 0 Å². The van der Waals surface area contributed by atoms with Crippen molar-refractivity contribution in [3.8, 4) is 0 Å². The second-order valence-electron chi connectivity index (χ2n) is 0.820. The number of amides is 1. The summed E-state index contributed by atoms with van der Waals surface area (Å²) in [4.78, 5) is 9.59.